The van der Waals surface area contributed by atoms with Crippen LogP contribution in [-0.2, 0) is 0 Å². The molecule has 0 saturated heterocycles. The van der Waals surface area contributed by atoms with Crippen LogP contribution in [0.25, 0.3) is 0 Å². The van der Waals surface area contributed by atoms with Gasteiger partial charge in [0.25, 0.3) is 0 Å². The van der Waals surface area contributed by atoms with Crippen molar-refractivity contribution in [3.63, 3.8) is 0 Å². The van der Waals surface area contributed by atoms with Gasteiger partial charge in [-0.3, -0.25) is 4.79 Å². The van der Waals surface area contributed by atoms with Crippen molar-refractivity contribution < 1.29 is 18.7 Å². The van der Waals surface area contributed by atoms with E-state index in [1.165, 1.54) is 12.1 Å². The number of benzene rings is 1. The molecule has 0 unspecified atom stereocenters. The van der Waals surface area contributed by atoms with Crippen LogP contribution in [0.5, 0.6) is 11.5 Å². The Morgan fingerprint density at radius 2 is 1.88 bits per heavy atom. The smallest absolute Gasteiger partial charge is 0.166 e. The first-order valence-corrected chi connectivity index (χ1v) is 5.70. The van der Waals surface area contributed by atoms with E-state index in [0.29, 0.717) is 31.1 Å². The molecule has 0 atom stereocenters. The molecule has 4 heteroatoms. The zero-order chi connectivity index (χ0) is 12.4. The lowest BCUT2D eigenvalue weighted by molar-refractivity contribution is 0.0962. The Balaban J connectivity index is 2.31. The van der Waals surface area contributed by atoms with E-state index in [2.05, 4.69) is 0 Å². The van der Waals surface area contributed by atoms with E-state index < -0.39 is 5.82 Å². The number of fused-ring (bicyclic) bond motifs is 1. The predicted molar refractivity (Wildman–Crippen MR) is 61.2 cm³/mol. The third kappa shape index (κ3) is 2.57. The minimum atomic E-state index is -0.542. The summed E-state index contributed by atoms with van der Waals surface area (Å²) >= 11 is 0. The molecule has 0 aromatic heterocycles. The number of carbonyl (C=O) groups is 1. The highest BCUT2D eigenvalue weighted by molar-refractivity contribution is 5.97. The van der Waals surface area contributed by atoms with Crippen LogP contribution in [-0.4, -0.2) is 19.0 Å². The lowest BCUT2D eigenvalue weighted by atomic mass is 10.0. The number of hydrogen-bond acceptors (Lipinski definition) is 3. The second-order valence-corrected chi connectivity index (χ2v) is 4.50. The fourth-order valence-electron chi connectivity index (χ4n) is 1.76. The van der Waals surface area contributed by atoms with Gasteiger partial charge in [-0.2, -0.15) is 0 Å². The van der Waals surface area contributed by atoms with Crippen molar-refractivity contribution in [1.29, 1.82) is 0 Å². The zero-order valence-electron chi connectivity index (χ0n) is 9.96. The number of hydrogen-bond donors (Lipinski definition) is 0. The molecule has 17 heavy (non-hydrogen) atoms. The third-order valence-corrected chi connectivity index (χ3v) is 2.53. The van der Waals surface area contributed by atoms with Gasteiger partial charge >= 0.3 is 0 Å². The van der Waals surface area contributed by atoms with Gasteiger partial charge in [0.1, 0.15) is 19.0 Å². The van der Waals surface area contributed by atoms with E-state index in [4.69, 9.17) is 9.47 Å². The maximum Gasteiger partial charge on any atom is 0.166 e. The quantitative estimate of drug-likeness (QED) is 0.759. The molecule has 1 aliphatic rings. The predicted octanol–water partition coefficient (Wildman–Crippen LogP) is 2.83. The Kier molecular flexibility index (Phi) is 3.31. The van der Waals surface area contributed by atoms with Gasteiger partial charge in [-0.15, -0.1) is 0 Å². The summed E-state index contributed by atoms with van der Waals surface area (Å²) in [6, 6.07) is 2.66. The van der Waals surface area contributed by atoms with Crippen LogP contribution in [0.2, 0.25) is 0 Å². The Morgan fingerprint density at radius 3 is 2.47 bits per heavy atom. The normalized spacial score (nSPS) is 13.9. The van der Waals surface area contributed by atoms with E-state index in [1.54, 1.807) is 0 Å². The lowest BCUT2D eigenvalue weighted by Crippen LogP contribution is -2.17. The Labute approximate surface area is 99.5 Å². The van der Waals surface area contributed by atoms with Gasteiger partial charge in [-0.25, -0.2) is 4.39 Å². The van der Waals surface area contributed by atoms with Crippen LogP contribution in [0.4, 0.5) is 4.39 Å². The second kappa shape index (κ2) is 4.73. The monoisotopic (exact) mass is 238 g/mol. The summed E-state index contributed by atoms with van der Waals surface area (Å²) in [7, 11) is 0. The molecule has 2 rings (SSSR count). The topological polar surface area (TPSA) is 35.5 Å². The maximum atomic E-state index is 13.7. The zero-order valence-corrected chi connectivity index (χ0v) is 9.96. The molecule has 0 saturated carbocycles. The minimum absolute atomic E-state index is 0.0861. The number of ketones is 1. The molecule has 3 nitrogen and oxygen atoms in total. The first-order valence-electron chi connectivity index (χ1n) is 5.70. The second-order valence-electron chi connectivity index (χ2n) is 4.50. The fraction of sp³-hybridized carbons (Fsp3) is 0.462. The van der Waals surface area contributed by atoms with Crippen molar-refractivity contribution >= 4 is 5.78 Å². The Bertz CT molecular complexity index is 441. The third-order valence-electron chi connectivity index (χ3n) is 2.53. The summed E-state index contributed by atoms with van der Waals surface area (Å²) < 4.78 is 24.3. The molecule has 1 heterocycles. The summed E-state index contributed by atoms with van der Waals surface area (Å²) in [5.41, 5.74) is 0.0861. The molecule has 1 aromatic rings. The van der Waals surface area contributed by atoms with Crippen molar-refractivity contribution in [2.24, 2.45) is 5.92 Å². The van der Waals surface area contributed by atoms with Crippen LogP contribution in [0, 0.1) is 11.7 Å². The van der Waals surface area contributed by atoms with Gasteiger partial charge in [0.05, 0.1) is 5.56 Å². The largest absolute Gasteiger partial charge is 0.486 e. The SMILES string of the molecule is CC(C)CC(=O)c1cc2c(cc1F)OCCO2. The summed E-state index contributed by atoms with van der Waals surface area (Å²) in [6.07, 6.45) is 0.330. The molecule has 0 aliphatic carbocycles. The Morgan fingerprint density at radius 1 is 1.29 bits per heavy atom. The van der Waals surface area contributed by atoms with Gasteiger partial charge < -0.3 is 9.47 Å². The van der Waals surface area contributed by atoms with Gasteiger partial charge in [-0.05, 0) is 12.0 Å². The highest BCUT2D eigenvalue weighted by Gasteiger charge is 2.20. The first-order chi connectivity index (χ1) is 8.08. The molecule has 0 N–H and O–H groups in total. The van der Waals surface area contributed by atoms with E-state index in [9.17, 15) is 9.18 Å². The van der Waals surface area contributed by atoms with E-state index in [-0.39, 0.29) is 17.3 Å². The van der Waals surface area contributed by atoms with Crippen LogP contribution in [0.15, 0.2) is 12.1 Å². The number of ether oxygens (including phenoxy) is 2. The van der Waals surface area contributed by atoms with E-state index in [1.807, 2.05) is 13.8 Å². The summed E-state index contributed by atoms with van der Waals surface area (Å²) in [4.78, 5) is 11.8. The van der Waals surface area contributed by atoms with Crippen molar-refractivity contribution in [2.45, 2.75) is 20.3 Å². The molecule has 1 aromatic carbocycles. The standard InChI is InChI=1S/C13H15FO3/c1-8(2)5-11(15)9-6-12-13(7-10(9)14)17-4-3-16-12/h6-8H,3-5H2,1-2H3. The first kappa shape index (κ1) is 11.9. The average Bonchev–Trinajstić information content (AvgIpc) is 2.27. The van der Waals surface area contributed by atoms with E-state index in [0.717, 1.165) is 0 Å². The van der Waals surface area contributed by atoms with Gasteiger partial charge in [0, 0.05) is 12.5 Å². The number of Topliss-reactive ketones (excluding diaryl/α,β-unsaturated/α-hetero) is 1. The van der Waals surface area contributed by atoms with Crippen molar-refractivity contribution in [3.8, 4) is 11.5 Å². The minimum Gasteiger partial charge on any atom is -0.486 e. The molecular weight excluding hydrogens is 223 g/mol. The number of rotatable bonds is 3. The van der Waals surface area contributed by atoms with E-state index >= 15 is 0 Å². The molecule has 1 aliphatic heterocycles. The summed E-state index contributed by atoms with van der Waals surface area (Å²) in [6.45, 7) is 4.68. The molecule has 0 spiro atoms. The molecule has 0 bridgehead atoms. The Hall–Kier alpha value is -1.58. The van der Waals surface area contributed by atoms with Crippen molar-refractivity contribution in [1.82, 2.24) is 0 Å². The van der Waals surface area contributed by atoms with Crippen molar-refractivity contribution in [2.75, 3.05) is 13.2 Å². The molecular formula is C13H15FO3. The molecule has 0 fully saturated rings. The lowest BCUT2D eigenvalue weighted by Gasteiger charge is -2.19. The molecule has 0 amide bonds. The summed E-state index contributed by atoms with van der Waals surface area (Å²) in [5.74, 6) is 0.282. The maximum absolute atomic E-state index is 13.7. The van der Waals surface area contributed by atoms with Crippen LogP contribution < -0.4 is 9.47 Å². The summed E-state index contributed by atoms with van der Waals surface area (Å²) in [5, 5.41) is 0. The number of halogens is 1. The van der Waals surface area contributed by atoms with Gasteiger partial charge in [0.2, 0.25) is 0 Å². The van der Waals surface area contributed by atoms with Crippen LogP contribution in [0.1, 0.15) is 30.6 Å². The average molecular weight is 238 g/mol. The number of carbonyl (C=O) groups excluding carboxylic acids is 1. The molecule has 92 valence electrons. The van der Waals surface area contributed by atoms with Gasteiger partial charge in [-0.1, -0.05) is 13.8 Å². The van der Waals surface area contributed by atoms with Crippen LogP contribution in [0.3, 0.4) is 0 Å². The van der Waals surface area contributed by atoms with Crippen molar-refractivity contribution in [3.05, 3.63) is 23.5 Å². The fourth-order valence-corrected chi connectivity index (χ4v) is 1.76. The molecule has 0 radical (unpaired) electrons. The van der Waals surface area contributed by atoms with Gasteiger partial charge in [0.15, 0.2) is 17.3 Å². The highest BCUT2D eigenvalue weighted by atomic mass is 19.1. The highest BCUT2D eigenvalue weighted by Crippen LogP contribution is 2.33. The van der Waals surface area contributed by atoms with Crippen LogP contribution >= 0.6 is 0 Å².